The third-order valence-electron chi connectivity index (χ3n) is 1.76. The van der Waals surface area contributed by atoms with Crippen LogP contribution in [0.3, 0.4) is 0 Å². The predicted molar refractivity (Wildman–Crippen MR) is 64.5 cm³/mol. The van der Waals surface area contributed by atoms with E-state index in [0.29, 0.717) is 5.16 Å². The second-order valence-corrected chi connectivity index (χ2v) is 4.65. The van der Waals surface area contributed by atoms with E-state index < -0.39 is 0 Å². The summed E-state index contributed by atoms with van der Waals surface area (Å²) in [5.74, 6) is 1.52. The van der Waals surface area contributed by atoms with Crippen LogP contribution in [0.2, 0.25) is 0 Å². The third kappa shape index (κ3) is 2.33. The summed E-state index contributed by atoms with van der Waals surface area (Å²) in [7, 11) is 1.80. The molecule has 0 aliphatic heterocycles. The highest BCUT2D eigenvalue weighted by Crippen LogP contribution is 2.32. The molecule has 0 fully saturated rings. The van der Waals surface area contributed by atoms with Gasteiger partial charge in [0.1, 0.15) is 23.0 Å². The highest BCUT2D eigenvalue weighted by atomic mass is 79.9. The van der Waals surface area contributed by atoms with Gasteiger partial charge in [0, 0.05) is 7.05 Å². The van der Waals surface area contributed by atoms with Crippen LogP contribution >= 0.6 is 27.7 Å². The first-order valence-corrected chi connectivity index (χ1v) is 6.06. The van der Waals surface area contributed by atoms with E-state index in [9.17, 15) is 0 Å². The van der Waals surface area contributed by atoms with Crippen LogP contribution in [0, 0.1) is 6.92 Å². The van der Waals surface area contributed by atoms with Crippen molar-refractivity contribution < 1.29 is 0 Å². The Labute approximate surface area is 105 Å². The molecule has 2 aromatic heterocycles. The Kier molecular flexibility index (Phi) is 3.39. The molecule has 16 heavy (non-hydrogen) atoms. The van der Waals surface area contributed by atoms with Crippen LogP contribution in [0.5, 0.6) is 0 Å². The van der Waals surface area contributed by atoms with Gasteiger partial charge in [0.25, 0.3) is 0 Å². The molecule has 0 aromatic carbocycles. The van der Waals surface area contributed by atoms with E-state index in [1.54, 1.807) is 7.05 Å². The number of H-pyrrole nitrogens is 1. The van der Waals surface area contributed by atoms with Gasteiger partial charge in [-0.3, -0.25) is 5.10 Å². The summed E-state index contributed by atoms with van der Waals surface area (Å²) in [6.07, 6.45) is 1.50. The highest BCUT2D eigenvalue weighted by Gasteiger charge is 2.11. The summed E-state index contributed by atoms with van der Waals surface area (Å²) < 4.78 is 0.810. The fourth-order valence-corrected chi connectivity index (χ4v) is 2.43. The molecule has 0 aliphatic carbocycles. The van der Waals surface area contributed by atoms with Crippen LogP contribution in [0.25, 0.3) is 0 Å². The molecule has 2 aromatic rings. The van der Waals surface area contributed by atoms with Gasteiger partial charge >= 0.3 is 0 Å². The summed E-state index contributed by atoms with van der Waals surface area (Å²) in [5.41, 5.74) is 0. The molecule has 0 saturated carbocycles. The zero-order valence-electron chi connectivity index (χ0n) is 8.65. The number of aromatic amines is 1. The van der Waals surface area contributed by atoms with Crippen LogP contribution in [-0.4, -0.2) is 32.2 Å². The molecule has 2 N–H and O–H groups in total. The molecule has 0 saturated heterocycles. The molecule has 8 heteroatoms. The Hall–Kier alpha value is -1.15. The molecule has 84 valence electrons. The standard InChI is InChI=1S/C8H9BrN6S/c1-4-13-8(15-14-4)16-7-5(9)6(10-2)11-3-12-7/h3H,1-2H3,(H,10,11,12)(H,13,14,15). The first-order chi connectivity index (χ1) is 7.70. The Morgan fingerprint density at radius 2 is 2.25 bits per heavy atom. The molecule has 2 heterocycles. The van der Waals surface area contributed by atoms with Crippen molar-refractivity contribution in [3.05, 3.63) is 16.6 Å². The van der Waals surface area contributed by atoms with Gasteiger partial charge in [-0.05, 0) is 34.6 Å². The largest absolute Gasteiger partial charge is 0.372 e. The van der Waals surface area contributed by atoms with Crippen molar-refractivity contribution in [2.75, 3.05) is 12.4 Å². The van der Waals surface area contributed by atoms with E-state index in [4.69, 9.17) is 0 Å². The summed E-state index contributed by atoms with van der Waals surface area (Å²) in [5, 5.41) is 11.2. The average molecular weight is 301 g/mol. The molecular formula is C8H9BrN6S. The molecule has 0 radical (unpaired) electrons. The number of aromatic nitrogens is 5. The topological polar surface area (TPSA) is 79.4 Å². The van der Waals surface area contributed by atoms with Crippen molar-refractivity contribution in [3.8, 4) is 0 Å². The molecule has 0 bridgehead atoms. The molecule has 2 rings (SSSR count). The van der Waals surface area contributed by atoms with E-state index >= 15 is 0 Å². The van der Waals surface area contributed by atoms with E-state index in [1.165, 1.54) is 18.1 Å². The number of nitrogens with zero attached hydrogens (tertiary/aromatic N) is 4. The second-order valence-electron chi connectivity index (χ2n) is 2.90. The van der Waals surface area contributed by atoms with Gasteiger partial charge in [-0.25, -0.2) is 15.0 Å². The quantitative estimate of drug-likeness (QED) is 0.842. The van der Waals surface area contributed by atoms with Crippen LogP contribution in [0.1, 0.15) is 5.82 Å². The Balaban J connectivity index is 2.28. The van der Waals surface area contributed by atoms with Gasteiger partial charge in [0.05, 0.1) is 4.47 Å². The van der Waals surface area contributed by atoms with Gasteiger partial charge in [0.15, 0.2) is 0 Å². The monoisotopic (exact) mass is 300 g/mol. The zero-order valence-corrected chi connectivity index (χ0v) is 11.1. The van der Waals surface area contributed by atoms with E-state index in [2.05, 4.69) is 46.4 Å². The minimum absolute atomic E-state index is 0.638. The van der Waals surface area contributed by atoms with Crippen LogP contribution in [0.15, 0.2) is 21.0 Å². The van der Waals surface area contributed by atoms with Crippen molar-refractivity contribution in [1.82, 2.24) is 25.1 Å². The summed E-state index contributed by atoms with van der Waals surface area (Å²) in [4.78, 5) is 12.4. The van der Waals surface area contributed by atoms with Gasteiger partial charge < -0.3 is 5.32 Å². The van der Waals surface area contributed by atoms with Crippen molar-refractivity contribution in [2.45, 2.75) is 17.1 Å². The maximum absolute atomic E-state index is 4.20. The lowest BCUT2D eigenvalue weighted by Gasteiger charge is -2.04. The number of hydrogen-bond acceptors (Lipinski definition) is 6. The smallest absolute Gasteiger partial charge is 0.214 e. The molecule has 0 aliphatic rings. The van der Waals surface area contributed by atoms with Gasteiger partial charge in [-0.15, -0.1) is 5.10 Å². The average Bonchev–Trinajstić information content (AvgIpc) is 2.67. The van der Waals surface area contributed by atoms with Gasteiger partial charge in [-0.1, -0.05) is 0 Å². The minimum atomic E-state index is 0.638. The molecule has 0 unspecified atom stereocenters. The van der Waals surface area contributed by atoms with Crippen LogP contribution in [-0.2, 0) is 0 Å². The first kappa shape index (κ1) is 11.3. The van der Waals surface area contributed by atoms with E-state index in [0.717, 1.165) is 21.1 Å². The second kappa shape index (κ2) is 4.79. The number of hydrogen-bond donors (Lipinski definition) is 2. The number of anilines is 1. The normalized spacial score (nSPS) is 10.4. The lowest BCUT2D eigenvalue weighted by molar-refractivity contribution is 0.957. The SMILES string of the molecule is CNc1ncnc(Sc2n[nH]c(C)n2)c1Br. The van der Waals surface area contributed by atoms with Crippen LogP contribution < -0.4 is 5.32 Å². The molecule has 6 nitrogen and oxygen atoms in total. The van der Waals surface area contributed by atoms with Crippen molar-refractivity contribution in [2.24, 2.45) is 0 Å². The molecule has 0 spiro atoms. The number of aryl methyl sites for hydroxylation is 1. The number of halogens is 1. The summed E-state index contributed by atoms with van der Waals surface area (Å²) in [6, 6.07) is 0. The maximum Gasteiger partial charge on any atom is 0.214 e. The lowest BCUT2D eigenvalue weighted by Crippen LogP contribution is -1.96. The molecule has 0 atom stereocenters. The Bertz CT molecular complexity index is 499. The van der Waals surface area contributed by atoms with Gasteiger partial charge in [-0.2, -0.15) is 0 Å². The number of rotatable bonds is 3. The Morgan fingerprint density at radius 3 is 2.88 bits per heavy atom. The lowest BCUT2D eigenvalue weighted by atomic mass is 10.6. The predicted octanol–water partition coefficient (Wildman–Crippen LogP) is 1.86. The first-order valence-electron chi connectivity index (χ1n) is 4.46. The summed E-state index contributed by atoms with van der Waals surface area (Å²) >= 11 is 4.80. The fraction of sp³-hybridized carbons (Fsp3) is 0.250. The zero-order chi connectivity index (χ0) is 11.5. The maximum atomic E-state index is 4.20. The van der Waals surface area contributed by atoms with E-state index in [-0.39, 0.29) is 0 Å². The Morgan fingerprint density at radius 1 is 1.44 bits per heavy atom. The van der Waals surface area contributed by atoms with E-state index in [1.807, 2.05) is 6.92 Å². The minimum Gasteiger partial charge on any atom is -0.372 e. The van der Waals surface area contributed by atoms with Crippen molar-refractivity contribution in [1.29, 1.82) is 0 Å². The molecular weight excluding hydrogens is 292 g/mol. The fourth-order valence-electron chi connectivity index (χ4n) is 1.05. The molecule has 0 amide bonds. The third-order valence-corrected chi connectivity index (χ3v) is 3.64. The number of nitrogens with one attached hydrogen (secondary N) is 2. The van der Waals surface area contributed by atoms with Crippen molar-refractivity contribution >= 4 is 33.5 Å². The van der Waals surface area contributed by atoms with Gasteiger partial charge in [0.2, 0.25) is 5.16 Å². The highest BCUT2D eigenvalue weighted by molar-refractivity contribution is 9.10. The summed E-state index contributed by atoms with van der Waals surface area (Å²) in [6.45, 7) is 1.85. The van der Waals surface area contributed by atoms with Crippen LogP contribution in [0.4, 0.5) is 5.82 Å². The van der Waals surface area contributed by atoms with Crippen molar-refractivity contribution in [3.63, 3.8) is 0 Å².